The maximum atomic E-state index is 13.3. The monoisotopic (exact) mass is 449 g/mol. The maximum Gasteiger partial charge on any atom is 0.321 e. The van der Waals surface area contributed by atoms with Crippen LogP contribution in [0.15, 0.2) is 65.5 Å². The van der Waals surface area contributed by atoms with E-state index in [4.69, 9.17) is 16.3 Å². The van der Waals surface area contributed by atoms with E-state index in [1.54, 1.807) is 19.2 Å². The van der Waals surface area contributed by atoms with E-state index >= 15 is 0 Å². The molecule has 5 rings (SSSR count). The number of carbonyl (C=O) groups is 1. The van der Waals surface area contributed by atoms with Gasteiger partial charge in [-0.15, -0.1) is 0 Å². The van der Waals surface area contributed by atoms with Crippen LogP contribution in [0.5, 0.6) is 5.75 Å². The molecule has 0 saturated carbocycles. The number of pyridine rings is 1. The van der Waals surface area contributed by atoms with E-state index < -0.39 is 0 Å². The first-order valence-electron chi connectivity index (χ1n) is 10.7. The first-order chi connectivity index (χ1) is 15.5. The summed E-state index contributed by atoms with van der Waals surface area (Å²) in [5, 5.41) is 3.62. The van der Waals surface area contributed by atoms with Gasteiger partial charge in [0.15, 0.2) is 0 Å². The minimum Gasteiger partial charge on any atom is -0.495 e. The third kappa shape index (κ3) is 3.75. The van der Waals surface area contributed by atoms with Crippen molar-refractivity contribution >= 4 is 23.3 Å². The molecular formula is C25H24ClN3O3. The number of hydrogen-bond donors (Lipinski definition) is 1. The highest BCUT2D eigenvalue weighted by molar-refractivity contribution is 6.30. The van der Waals surface area contributed by atoms with E-state index in [-0.39, 0.29) is 23.4 Å². The Morgan fingerprint density at radius 1 is 1.03 bits per heavy atom. The van der Waals surface area contributed by atoms with Crippen molar-refractivity contribution in [3.8, 4) is 16.9 Å². The molecule has 6 nitrogen and oxygen atoms in total. The first-order valence-corrected chi connectivity index (χ1v) is 11.1. The SMILES string of the molecule is COc1ccccc1NC(=O)N1C[C@@H]2C[C@H](C1)c1ccc(-c3ccc(Cl)cc3)c(=O)n1C2. The smallest absolute Gasteiger partial charge is 0.321 e. The zero-order chi connectivity index (χ0) is 22.2. The highest BCUT2D eigenvalue weighted by Gasteiger charge is 2.36. The van der Waals surface area contributed by atoms with Crippen LogP contribution in [0, 0.1) is 5.92 Å². The van der Waals surface area contributed by atoms with Gasteiger partial charge in [0.05, 0.1) is 12.8 Å². The van der Waals surface area contributed by atoms with Crippen molar-refractivity contribution in [2.24, 2.45) is 5.92 Å². The van der Waals surface area contributed by atoms with Crippen LogP contribution in [-0.4, -0.2) is 35.7 Å². The van der Waals surface area contributed by atoms with Crippen molar-refractivity contribution in [3.05, 3.63) is 81.7 Å². The number of hydrogen-bond acceptors (Lipinski definition) is 3. The lowest BCUT2D eigenvalue weighted by Crippen LogP contribution is -2.50. The first kappa shape index (κ1) is 20.6. The Morgan fingerprint density at radius 2 is 1.81 bits per heavy atom. The van der Waals surface area contributed by atoms with Crippen LogP contribution in [0.4, 0.5) is 10.5 Å². The Kier molecular flexibility index (Phi) is 5.39. The van der Waals surface area contributed by atoms with E-state index in [1.165, 1.54) is 0 Å². The number of para-hydroxylation sites is 2. The molecule has 2 aliphatic heterocycles. The second-order valence-electron chi connectivity index (χ2n) is 8.43. The molecule has 2 aromatic carbocycles. The molecule has 0 radical (unpaired) electrons. The largest absolute Gasteiger partial charge is 0.495 e. The van der Waals surface area contributed by atoms with Crippen molar-refractivity contribution in [1.29, 1.82) is 0 Å². The van der Waals surface area contributed by atoms with E-state index in [1.807, 2.05) is 58.0 Å². The quantitative estimate of drug-likeness (QED) is 0.623. The zero-order valence-electron chi connectivity index (χ0n) is 17.8. The number of anilines is 1. The lowest BCUT2D eigenvalue weighted by Gasteiger charge is -2.42. The lowest BCUT2D eigenvalue weighted by atomic mass is 9.83. The summed E-state index contributed by atoms with van der Waals surface area (Å²) in [6.45, 7) is 1.82. The third-order valence-corrected chi connectivity index (χ3v) is 6.65. The van der Waals surface area contributed by atoms with Crippen LogP contribution in [-0.2, 0) is 6.54 Å². The summed E-state index contributed by atoms with van der Waals surface area (Å²) in [4.78, 5) is 28.1. The summed E-state index contributed by atoms with van der Waals surface area (Å²) in [5.41, 5.74) is 3.21. The van der Waals surface area contributed by atoms with Gasteiger partial charge in [0.25, 0.3) is 5.56 Å². The van der Waals surface area contributed by atoms with E-state index in [0.717, 1.165) is 17.7 Å². The number of carbonyl (C=O) groups excluding carboxylic acids is 1. The van der Waals surface area contributed by atoms with Crippen molar-refractivity contribution in [1.82, 2.24) is 9.47 Å². The Labute approximate surface area is 191 Å². The van der Waals surface area contributed by atoms with Crippen LogP contribution in [0.25, 0.3) is 11.1 Å². The van der Waals surface area contributed by atoms with Crippen LogP contribution in [0.2, 0.25) is 5.02 Å². The molecule has 0 unspecified atom stereocenters. The number of rotatable bonds is 3. The summed E-state index contributed by atoms with van der Waals surface area (Å²) in [7, 11) is 1.59. The molecular weight excluding hydrogens is 426 g/mol. The second-order valence-corrected chi connectivity index (χ2v) is 8.87. The number of fused-ring (bicyclic) bond motifs is 4. The molecule has 1 N–H and O–H groups in total. The number of ether oxygens (including phenoxy) is 1. The predicted octanol–water partition coefficient (Wildman–Crippen LogP) is 4.83. The average molecular weight is 450 g/mol. The summed E-state index contributed by atoms with van der Waals surface area (Å²) < 4.78 is 7.24. The minimum atomic E-state index is -0.141. The highest BCUT2D eigenvalue weighted by Crippen LogP contribution is 2.36. The molecule has 1 saturated heterocycles. The van der Waals surface area contributed by atoms with Gasteiger partial charge in [-0.2, -0.15) is 0 Å². The maximum absolute atomic E-state index is 13.3. The van der Waals surface area contributed by atoms with Gasteiger partial charge in [-0.25, -0.2) is 4.79 Å². The molecule has 2 amide bonds. The number of nitrogens with zero attached hydrogens (tertiary/aromatic N) is 2. The number of benzene rings is 2. The molecule has 2 bridgehead atoms. The normalized spacial score (nSPS) is 19.2. The number of piperidine rings is 1. The number of likely N-dealkylation sites (tertiary alicyclic amines) is 1. The fraction of sp³-hybridized carbons (Fsp3) is 0.280. The Balaban J connectivity index is 1.39. The lowest BCUT2D eigenvalue weighted by molar-refractivity contribution is 0.139. The standard InChI is InChI=1S/C25H24ClN3O3/c1-32-23-5-3-2-4-21(23)27-25(31)28-13-16-12-18(15-28)22-11-10-20(24(30)29(22)14-16)17-6-8-19(26)9-7-17/h2-11,16,18H,12-15H2,1H3,(H,27,31)/t16-,18+/m0/s1. The van der Waals surface area contributed by atoms with Crippen LogP contribution >= 0.6 is 11.6 Å². The van der Waals surface area contributed by atoms with Crippen LogP contribution in [0.3, 0.4) is 0 Å². The average Bonchev–Trinajstić information content (AvgIpc) is 2.81. The molecule has 1 aromatic heterocycles. The molecule has 2 atom stereocenters. The van der Waals surface area contributed by atoms with Gasteiger partial charge in [0, 0.05) is 41.8 Å². The Morgan fingerprint density at radius 3 is 2.59 bits per heavy atom. The molecule has 0 spiro atoms. The van der Waals surface area contributed by atoms with Gasteiger partial charge < -0.3 is 19.5 Å². The van der Waals surface area contributed by atoms with Gasteiger partial charge in [-0.05, 0) is 54.3 Å². The molecule has 7 heteroatoms. The molecule has 3 aromatic rings. The summed E-state index contributed by atoms with van der Waals surface area (Å²) >= 11 is 6.00. The number of aromatic nitrogens is 1. The Hall–Kier alpha value is -3.25. The van der Waals surface area contributed by atoms with Gasteiger partial charge in [0.1, 0.15) is 5.75 Å². The number of urea groups is 1. The van der Waals surface area contributed by atoms with Crippen LogP contribution in [0.1, 0.15) is 18.0 Å². The molecule has 32 heavy (non-hydrogen) atoms. The second kappa shape index (κ2) is 8.36. The number of methoxy groups -OCH3 is 1. The van der Waals surface area contributed by atoms with Crippen molar-refractivity contribution < 1.29 is 9.53 Å². The van der Waals surface area contributed by atoms with Gasteiger partial charge in [0.2, 0.25) is 0 Å². The molecule has 1 fully saturated rings. The molecule has 0 aliphatic carbocycles. The fourth-order valence-electron chi connectivity index (χ4n) is 4.90. The van der Waals surface area contributed by atoms with Gasteiger partial charge >= 0.3 is 6.03 Å². The molecule has 2 aliphatic rings. The van der Waals surface area contributed by atoms with E-state index in [9.17, 15) is 9.59 Å². The summed E-state index contributed by atoms with van der Waals surface area (Å²) in [6.07, 6.45) is 0.984. The van der Waals surface area contributed by atoms with Crippen molar-refractivity contribution in [2.45, 2.75) is 18.9 Å². The van der Waals surface area contributed by atoms with Crippen LogP contribution < -0.4 is 15.6 Å². The van der Waals surface area contributed by atoms with E-state index in [0.29, 0.717) is 41.7 Å². The third-order valence-electron chi connectivity index (χ3n) is 6.40. The van der Waals surface area contributed by atoms with Gasteiger partial charge in [-0.3, -0.25) is 4.79 Å². The topological polar surface area (TPSA) is 63.6 Å². The highest BCUT2D eigenvalue weighted by atomic mass is 35.5. The van der Waals surface area contributed by atoms with Gasteiger partial charge in [-0.1, -0.05) is 35.9 Å². The van der Waals surface area contributed by atoms with Crippen molar-refractivity contribution in [2.75, 3.05) is 25.5 Å². The van der Waals surface area contributed by atoms with Crippen molar-refractivity contribution in [3.63, 3.8) is 0 Å². The van der Waals surface area contributed by atoms with E-state index in [2.05, 4.69) is 5.32 Å². The minimum absolute atomic E-state index is 0.0199. The number of amides is 2. The molecule has 164 valence electrons. The summed E-state index contributed by atoms with van der Waals surface area (Å²) in [5.74, 6) is 1.01. The number of halogens is 1. The molecule has 3 heterocycles. The summed E-state index contributed by atoms with van der Waals surface area (Å²) in [6, 6.07) is 18.5. The number of nitrogens with one attached hydrogen (secondary N) is 1. The Bertz CT molecular complexity index is 1220. The fourth-order valence-corrected chi connectivity index (χ4v) is 5.03. The zero-order valence-corrected chi connectivity index (χ0v) is 18.5. The predicted molar refractivity (Wildman–Crippen MR) is 126 cm³/mol.